The largest absolute Gasteiger partial charge is 0.673 e. The molecule has 1 heterocycles. The van der Waals surface area contributed by atoms with E-state index in [-0.39, 0.29) is 0 Å². The normalized spacial score (nSPS) is 11.3. The summed E-state index contributed by atoms with van der Waals surface area (Å²) < 4.78 is 46.5. The Kier molecular flexibility index (Phi) is 6.63. The Hall–Kier alpha value is -2.54. The minimum Gasteiger partial charge on any atom is -0.418 e. The maximum Gasteiger partial charge on any atom is 0.673 e. The van der Waals surface area contributed by atoms with Crippen LogP contribution in [0.2, 0.25) is 5.02 Å². The van der Waals surface area contributed by atoms with Crippen molar-refractivity contribution in [2.75, 3.05) is 0 Å². The molecule has 0 spiro atoms. The molecule has 0 atom stereocenters. The Bertz CT molecular complexity index is 855. The Balaban J connectivity index is 0.000000431. The lowest BCUT2D eigenvalue weighted by molar-refractivity contribution is -0.844. The van der Waals surface area contributed by atoms with E-state index in [1.54, 1.807) is 4.74 Å². The molecule has 0 N–H and O–H groups in total. The van der Waals surface area contributed by atoms with Crippen molar-refractivity contribution in [1.29, 1.82) is 0 Å². The van der Waals surface area contributed by atoms with Crippen molar-refractivity contribution >= 4 is 31.0 Å². The molecule has 8 heteroatoms. The Morgan fingerprint density at radius 3 is 2.08 bits per heavy atom. The van der Waals surface area contributed by atoms with Crippen LogP contribution in [0.5, 0.6) is 0 Å². The summed E-state index contributed by atoms with van der Waals surface area (Å²) in [6.45, 7) is 0. The topological polar surface area (TPSA) is 17.0 Å². The monoisotopic (exact) mass is 383 g/mol. The minimum atomic E-state index is -6.00. The van der Waals surface area contributed by atoms with E-state index in [1.165, 1.54) is 0 Å². The van der Waals surface area contributed by atoms with Gasteiger partial charge in [-0.15, -0.1) is 0 Å². The van der Waals surface area contributed by atoms with Gasteiger partial charge in [-0.05, 0) is 28.5 Å². The van der Waals surface area contributed by atoms with Gasteiger partial charge in [0.05, 0.1) is 6.07 Å². The van der Waals surface area contributed by atoms with Crippen LogP contribution in [-0.2, 0) is 7.05 Å². The van der Waals surface area contributed by atoms with Crippen LogP contribution >= 0.6 is 11.6 Å². The highest BCUT2D eigenvalue weighted by molar-refractivity contribution is 6.50. The predicted molar refractivity (Wildman–Crippen MR) is 95.9 cm³/mol. The fraction of sp³-hybridized carbons (Fsp3) is 0.0556. The van der Waals surface area contributed by atoms with Gasteiger partial charge in [0.2, 0.25) is 5.76 Å². The van der Waals surface area contributed by atoms with E-state index in [9.17, 15) is 17.3 Å². The van der Waals surface area contributed by atoms with Gasteiger partial charge in [-0.25, -0.2) is 4.52 Å². The summed E-state index contributed by atoms with van der Waals surface area (Å²) in [7, 11) is -4.10. The van der Waals surface area contributed by atoms with E-state index >= 15 is 0 Å². The molecular formula is C18H15BClF4NO. The highest BCUT2D eigenvalue weighted by Gasteiger charge is 2.20. The van der Waals surface area contributed by atoms with E-state index in [2.05, 4.69) is 0 Å². The lowest BCUT2D eigenvalue weighted by atomic mass is 10.1. The van der Waals surface area contributed by atoms with Crippen LogP contribution in [0.4, 0.5) is 17.3 Å². The Morgan fingerprint density at radius 2 is 1.50 bits per heavy atom. The van der Waals surface area contributed by atoms with E-state index in [0.29, 0.717) is 0 Å². The number of aryl methyl sites for hydroxylation is 1. The fourth-order valence-electron chi connectivity index (χ4n) is 2.10. The summed E-state index contributed by atoms with van der Waals surface area (Å²) in [4.78, 5) is 0. The first-order chi connectivity index (χ1) is 12.2. The van der Waals surface area contributed by atoms with E-state index in [4.69, 9.17) is 16.1 Å². The first-order valence-electron chi connectivity index (χ1n) is 7.59. The maximum atomic E-state index is 9.75. The van der Waals surface area contributed by atoms with Crippen molar-refractivity contribution < 1.29 is 26.5 Å². The number of nitrogens with zero attached hydrogens (tertiary/aromatic N) is 1. The molecule has 2 aromatic carbocycles. The molecule has 0 radical (unpaired) electrons. The smallest absolute Gasteiger partial charge is 0.418 e. The molecule has 136 valence electrons. The zero-order chi connectivity index (χ0) is 19.2. The zero-order valence-electron chi connectivity index (χ0n) is 13.8. The molecule has 3 aromatic rings. The number of hydrogen-bond donors (Lipinski definition) is 0. The molecule has 0 unspecified atom stereocenters. The molecule has 2 nitrogen and oxygen atoms in total. The van der Waals surface area contributed by atoms with E-state index in [0.717, 1.165) is 27.6 Å². The van der Waals surface area contributed by atoms with Crippen molar-refractivity contribution in [1.82, 2.24) is 0 Å². The first-order valence-corrected chi connectivity index (χ1v) is 7.97. The molecule has 0 aliphatic rings. The van der Waals surface area contributed by atoms with Gasteiger partial charge in [0.1, 0.15) is 0 Å². The summed E-state index contributed by atoms with van der Waals surface area (Å²) in [5, 5.41) is 0.743. The number of aromatic nitrogens is 1. The van der Waals surface area contributed by atoms with Gasteiger partial charge in [-0.3, -0.25) is 0 Å². The van der Waals surface area contributed by atoms with Crippen molar-refractivity contribution in [3.05, 3.63) is 76.9 Å². The molecule has 0 aliphatic carbocycles. The average molecular weight is 384 g/mol. The second-order valence-corrected chi connectivity index (χ2v) is 5.70. The van der Waals surface area contributed by atoms with Crippen LogP contribution in [0.15, 0.2) is 65.2 Å². The average Bonchev–Trinajstić information content (AvgIpc) is 2.95. The summed E-state index contributed by atoms with van der Waals surface area (Å²) in [6, 6.07) is 19.8. The van der Waals surface area contributed by atoms with Crippen molar-refractivity contribution in [3.63, 3.8) is 0 Å². The van der Waals surface area contributed by atoms with Gasteiger partial charge in [0, 0.05) is 16.7 Å². The standard InChI is InChI=1S/C18H15ClNO.BF4/c1-20-17(12-9-14-7-10-16(19)11-8-14)13-18(21-20)15-5-3-2-4-6-15;2-1(3,4)5/h2-13H,1H3;/q+1;-1/b12-9+;. The quantitative estimate of drug-likeness (QED) is 0.313. The molecular weight excluding hydrogens is 368 g/mol. The third-order valence-electron chi connectivity index (χ3n) is 3.25. The highest BCUT2D eigenvalue weighted by atomic mass is 35.5. The summed E-state index contributed by atoms with van der Waals surface area (Å²) in [5.74, 6) is 0.855. The molecule has 0 saturated heterocycles. The van der Waals surface area contributed by atoms with E-state index < -0.39 is 7.25 Å². The molecule has 0 saturated carbocycles. The van der Waals surface area contributed by atoms with Crippen LogP contribution in [0.25, 0.3) is 23.5 Å². The lowest BCUT2D eigenvalue weighted by Gasteiger charge is -1.94. The van der Waals surface area contributed by atoms with Crippen molar-refractivity contribution in [2.45, 2.75) is 0 Å². The number of hydrogen-bond acceptors (Lipinski definition) is 1. The number of rotatable bonds is 3. The predicted octanol–water partition coefficient (Wildman–Crippen LogP) is 5.89. The zero-order valence-corrected chi connectivity index (χ0v) is 14.5. The maximum absolute atomic E-state index is 9.75. The SMILES string of the molecule is C[n+]1oc(-c2ccccc2)cc1/C=C/c1ccc(Cl)cc1.F[B-](F)(F)F. The van der Waals surface area contributed by atoms with Crippen LogP contribution in [-0.4, -0.2) is 7.25 Å². The van der Waals surface area contributed by atoms with Gasteiger partial charge >= 0.3 is 7.25 Å². The fourth-order valence-corrected chi connectivity index (χ4v) is 2.22. The summed E-state index contributed by atoms with van der Waals surface area (Å²) in [5.41, 5.74) is 3.17. The second-order valence-electron chi connectivity index (χ2n) is 5.27. The van der Waals surface area contributed by atoms with Crippen molar-refractivity contribution in [3.8, 4) is 11.3 Å². The van der Waals surface area contributed by atoms with Crippen LogP contribution < -0.4 is 4.74 Å². The third-order valence-corrected chi connectivity index (χ3v) is 3.50. The molecule has 0 amide bonds. The number of benzene rings is 2. The van der Waals surface area contributed by atoms with E-state index in [1.807, 2.05) is 79.9 Å². The number of halogens is 5. The minimum absolute atomic E-state index is 0.743. The lowest BCUT2D eigenvalue weighted by Crippen LogP contribution is -2.27. The van der Waals surface area contributed by atoms with Gasteiger partial charge < -0.3 is 17.3 Å². The van der Waals surface area contributed by atoms with Gasteiger partial charge in [-0.2, -0.15) is 0 Å². The van der Waals surface area contributed by atoms with Crippen LogP contribution in [0.3, 0.4) is 0 Å². The van der Waals surface area contributed by atoms with Crippen LogP contribution in [0.1, 0.15) is 11.3 Å². The molecule has 0 bridgehead atoms. The molecule has 1 aromatic heterocycles. The molecule has 26 heavy (non-hydrogen) atoms. The molecule has 0 fully saturated rings. The summed E-state index contributed by atoms with van der Waals surface area (Å²) in [6.07, 6.45) is 4.06. The highest BCUT2D eigenvalue weighted by Crippen LogP contribution is 2.20. The third kappa shape index (κ3) is 6.76. The Morgan fingerprint density at radius 1 is 0.923 bits per heavy atom. The van der Waals surface area contributed by atoms with Crippen molar-refractivity contribution in [2.24, 2.45) is 7.05 Å². The first kappa shape index (κ1) is 19.8. The van der Waals surface area contributed by atoms with Gasteiger partial charge in [0.15, 0.2) is 7.05 Å². The van der Waals surface area contributed by atoms with Gasteiger partial charge in [-0.1, -0.05) is 54.1 Å². The van der Waals surface area contributed by atoms with Gasteiger partial charge in [0.25, 0.3) is 5.69 Å². The molecule has 3 rings (SSSR count). The second kappa shape index (κ2) is 8.71. The summed E-state index contributed by atoms with van der Waals surface area (Å²) >= 11 is 5.88. The van der Waals surface area contributed by atoms with Crippen LogP contribution in [0, 0.1) is 0 Å². The molecule has 0 aliphatic heterocycles. The Labute approximate surface area is 153 Å².